The molecule has 0 spiro atoms. The van der Waals surface area contributed by atoms with Gasteiger partial charge in [0.05, 0.1) is 5.52 Å². The minimum Gasteiger partial charge on any atom is -0.508 e. The van der Waals surface area contributed by atoms with Crippen molar-refractivity contribution in [2.24, 2.45) is 5.73 Å². The second-order valence-corrected chi connectivity index (χ2v) is 5.27. The highest BCUT2D eigenvalue weighted by molar-refractivity contribution is 6.03. The standard InChI is InChI=1S/C17H16N2O4/c18-6-5-11-9-19(14-3-2-12(20)8-13(11)14)17(23)10-1-4-15(21)16(22)7-10/h1-4,7-9,20-22H,5-6,18H2. The van der Waals surface area contributed by atoms with Crippen LogP contribution in [0.4, 0.5) is 0 Å². The fourth-order valence-electron chi connectivity index (χ4n) is 2.60. The summed E-state index contributed by atoms with van der Waals surface area (Å²) < 4.78 is 1.45. The van der Waals surface area contributed by atoms with E-state index in [0.29, 0.717) is 18.5 Å². The second-order valence-electron chi connectivity index (χ2n) is 5.27. The van der Waals surface area contributed by atoms with Gasteiger partial charge in [-0.15, -0.1) is 0 Å². The molecule has 0 aliphatic heterocycles. The van der Waals surface area contributed by atoms with Crippen LogP contribution in [0.1, 0.15) is 15.9 Å². The normalized spacial score (nSPS) is 11.0. The number of hydrogen-bond acceptors (Lipinski definition) is 5. The molecule has 0 amide bonds. The van der Waals surface area contributed by atoms with Crippen LogP contribution in [0.2, 0.25) is 0 Å². The van der Waals surface area contributed by atoms with Crippen LogP contribution in [-0.2, 0) is 6.42 Å². The molecule has 6 heteroatoms. The minimum atomic E-state index is -0.355. The van der Waals surface area contributed by atoms with Crippen LogP contribution in [0.3, 0.4) is 0 Å². The zero-order chi connectivity index (χ0) is 16.6. The molecule has 6 nitrogen and oxygen atoms in total. The van der Waals surface area contributed by atoms with E-state index in [1.54, 1.807) is 18.3 Å². The number of nitrogens with two attached hydrogens (primary N) is 1. The van der Waals surface area contributed by atoms with Gasteiger partial charge in [-0.3, -0.25) is 9.36 Å². The number of aromatic hydroxyl groups is 3. The Morgan fingerprint density at radius 3 is 2.52 bits per heavy atom. The van der Waals surface area contributed by atoms with E-state index in [0.717, 1.165) is 10.9 Å². The first-order valence-corrected chi connectivity index (χ1v) is 7.11. The van der Waals surface area contributed by atoms with E-state index in [1.807, 2.05) is 0 Å². The van der Waals surface area contributed by atoms with Gasteiger partial charge in [-0.1, -0.05) is 0 Å². The molecule has 0 aliphatic rings. The topological polar surface area (TPSA) is 109 Å². The van der Waals surface area contributed by atoms with E-state index in [1.165, 1.54) is 28.8 Å². The molecular formula is C17H16N2O4. The molecule has 0 saturated carbocycles. The van der Waals surface area contributed by atoms with Crippen molar-refractivity contribution in [3.63, 3.8) is 0 Å². The summed E-state index contributed by atoms with van der Waals surface area (Å²) in [6, 6.07) is 8.67. The first-order valence-electron chi connectivity index (χ1n) is 7.11. The van der Waals surface area contributed by atoms with Crippen molar-refractivity contribution >= 4 is 16.8 Å². The third-order valence-electron chi connectivity index (χ3n) is 3.73. The number of rotatable bonds is 3. The molecule has 3 aromatic rings. The fourth-order valence-corrected chi connectivity index (χ4v) is 2.60. The Morgan fingerprint density at radius 1 is 1.04 bits per heavy atom. The lowest BCUT2D eigenvalue weighted by atomic mass is 10.1. The maximum atomic E-state index is 12.7. The molecule has 0 radical (unpaired) electrons. The van der Waals surface area contributed by atoms with Gasteiger partial charge in [0.15, 0.2) is 11.5 Å². The monoisotopic (exact) mass is 312 g/mol. The fraction of sp³-hybridized carbons (Fsp3) is 0.118. The van der Waals surface area contributed by atoms with Crippen LogP contribution in [-0.4, -0.2) is 32.3 Å². The van der Waals surface area contributed by atoms with Gasteiger partial charge in [0, 0.05) is 17.1 Å². The number of phenols is 3. The Hall–Kier alpha value is -2.99. The quantitative estimate of drug-likeness (QED) is 0.553. The van der Waals surface area contributed by atoms with E-state index in [9.17, 15) is 20.1 Å². The minimum absolute atomic E-state index is 0.114. The molecule has 5 N–H and O–H groups in total. The van der Waals surface area contributed by atoms with Gasteiger partial charge in [-0.05, 0) is 54.9 Å². The summed E-state index contributed by atoms with van der Waals surface area (Å²) in [7, 11) is 0. The number of fused-ring (bicyclic) bond motifs is 1. The van der Waals surface area contributed by atoms with Crippen molar-refractivity contribution < 1.29 is 20.1 Å². The summed E-state index contributed by atoms with van der Waals surface area (Å²) in [5.41, 5.74) is 7.34. The zero-order valence-corrected chi connectivity index (χ0v) is 12.2. The number of aromatic nitrogens is 1. The van der Waals surface area contributed by atoms with Crippen LogP contribution in [0, 0.1) is 0 Å². The first kappa shape index (κ1) is 14.9. The van der Waals surface area contributed by atoms with Crippen LogP contribution < -0.4 is 5.73 Å². The van der Waals surface area contributed by atoms with Gasteiger partial charge < -0.3 is 21.1 Å². The van der Waals surface area contributed by atoms with E-state index in [-0.39, 0.29) is 28.7 Å². The molecule has 1 heterocycles. The lowest BCUT2D eigenvalue weighted by molar-refractivity contribution is 0.0964. The summed E-state index contributed by atoms with van der Waals surface area (Å²) in [5, 5.41) is 29.4. The smallest absolute Gasteiger partial charge is 0.262 e. The van der Waals surface area contributed by atoms with Crippen LogP contribution in [0.25, 0.3) is 10.9 Å². The zero-order valence-electron chi connectivity index (χ0n) is 12.2. The lowest BCUT2D eigenvalue weighted by Crippen LogP contribution is -2.10. The van der Waals surface area contributed by atoms with E-state index in [4.69, 9.17) is 5.73 Å². The largest absolute Gasteiger partial charge is 0.508 e. The third kappa shape index (κ3) is 2.60. The van der Waals surface area contributed by atoms with Crippen LogP contribution >= 0.6 is 0 Å². The Labute approximate surface area is 132 Å². The van der Waals surface area contributed by atoms with Gasteiger partial charge in [0.1, 0.15) is 5.75 Å². The molecule has 0 bridgehead atoms. The Kier molecular flexibility index (Phi) is 3.67. The molecular weight excluding hydrogens is 296 g/mol. The number of nitrogens with zero attached hydrogens (tertiary/aromatic N) is 1. The molecule has 23 heavy (non-hydrogen) atoms. The molecule has 0 fully saturated rings. The highest BCUT2D eigenvalue weighted by Crippen LogP contribution is 2.29. The predicted molar refractivity (Wildman–Crippen MR) is 85.9 cm³/mol. The number of carbonyl (C=O) groups excluding carboxylic acids is 1. The van der Waals surface area contributed by atoms with E-state index < -0.39 is 0 Å². The summed E-state index contributed by atoms with van der Waals surface area (Å²) in [5.74, 6) is -0.873. The average molecular weight is 312 g/mol. The van der Waals surface area contributed by atoms with Crippen molar-refractivity contribution in [3.8, 4) is 17.2 Å². The molecule has 0 atom stereocenters. The lowest BCUT2D eigenvalue weighted by Gasteiger charge is -2.05. The molecule has 0 saturated heterocycles. The van der Waals surface area contributed by atoms with Crippen LogP contribution in [0.15, 0.2) is 42.6 Å². The second kappa shape index (κ2) is 5.66. The van der Waals surface area contributed by atoms with Crippen molar-refractivity contribution in [2.45, 2.75) is 6.42 Å². The molecule has 2 aromatic carbocycles. The van der Waals surface area contributed by atoms with E-state index in [2.05, 4.69) is 0 Å². The van der Waals surface area contributed by atoms with Gasteiger partial charge >= 0.3 is 0 Å². The maximum Gasteiger partial charge on any atom is 0.262 e. The highest BCUT2D eigenvalue weighted by atomic mass is 16.3. The Bertz CT molecular complexity index is 899. The number of phenolic OH excluding ortho intramolecular Hbond substituents is 3. The number of hydrogen-bond donors (Lipinski definition) is 4. The average Bonchev–Trinajstić information content (AvgIpc) is 2.88. The maximum absolute atomic E-state index is 12.7. The highest BCUT2D eigenvalue weighted by Gasteiger charge is 2.16. The summed E-state index contributed by atoms with van der Waals surface area (Å²) >= 11 is 0. The molecule has 3 rings (SSSR count). The molecule has 0 unspecified atom stereocenters. The van der Waals surface area contributed by atoms with Gasteiger partial charge in [-0.25, -0.2) is 0 Å². The molecule has 0 aliphatic carbocycles. The number of carbonyl (C=O) groups is 1. The predicted octanol–water partition coefficient (Wildman–Crippen LogP) is 1.95. The van der Waals surface area contributed by atoms with E-state index >= 15 is 0 Å². The van der Waals surface area contributed by atoms with Crippen molar-refractivity contribution in [1.29, 1.82) is 0 Å². The van der Waals surface area contributed by atoms with Crippen molar-refractivity contribution in [3.05, 3.63) is 53.7 Å². The Morgan fingerprint density at radius 2 is 1.83 bits per heavy atom. The molecule has 118 valence electrons. The summed E-state index contributed by atoms with van der Waals surface area (Å²) in [6.45, 7) is 0.420. The van der Waals surface area contributed by atoms with Gasteiger partial charge in [0.2, 0.25) is 0 Å². The summed E-state index contributed by atoms with van der Waals surface area (Å²) in [6.07, 6.45) is 2.25. The van der Waals surface area contributed by atoms with Gasteiger partial charge in [0.25, 0.3) is 5.91 Å². The van der Waals surface area contributed by atoms with Gasteiger partial charge in [-0.2, -0.15) is 0 Å². The third-order valence-corrected chi connectivity index (χ3v) is 3.73. The first-order chi connectivity index (χ1) is 11.0. The van der Waals surface area contributed by atoms with Crippen molar-refractivity contribution in [2.75, 3.05) is 6.54 Å². The van der Waals surface area contributed by atoms with Crippen molar-refractivity contribution in [1.82, 2.24) is 4.57 Å². The van der Waals surface area contributed by atoms with Crippen LogP contribution in [0.5, 0.6) is 17.2 Å². The number of benzene rings is 2. The summed E-state index contributed by atoms with van der Waals surface area (Å²) in [4.78, 5) is 12.7. The Balaban J connectivity index is 2.15. The molecule has 1 aromatic heterocycles. The SMILES string of the molecule is NCCc1cn(C(=O)c2ccc(O)c(O)c2)c2ccc(O)cc12.